The molecule has 1 aromatic carbocycles. The van der Waals surface area contributed by atoms with Crippen LogP contribution in [0.4, 0.5) is 4.39 Å². The summed E-state index contributed by atoms with van der Waals surface area (Å²) in [7, 11) is 0. The van der Waals surface area contributed by atoms with Crippen molar-refractivity contribution in [2.24, 2.45) is 0 Å². The van der Waals surface area contributed by atoms with Gasteiger partial charge in [-0.2, -0.15) is 10.2 Å². The number of aromatic hydroxyl groups is 1. The predicted molar refractivity (Wildman–Crippen MR) is 60.6 cm³/mol. The molecule has 2 N–H and O–H groups in total. The van der Waals surface area contributed by atoms with E-state index in [0.29, 0.717) is 18.7 Å². The van der Waals surface area contributed by atoms with Crippen molar-refractivity contribution in [1.82, 2.24) is 15.5 Å². The zero-order valence-electron chi connectivity index (χ0n) is 9.10. The van der Waals surface area contributed by atoms with E-state index in [4.69, 9.17) is 0 Å². The number of hydrogen-bond donors (Lipinski definition) is 2. The van der Waals surface area contributed by atoms with Gasteiger partial charge in [-0.3, -0.25) is 0 Å². The molecule has 1 aromatic heterocycles. The molecule has 17 heavy (non-hydrogen) atoms. The van der Waals surface area contributed by atoms with Crippen LogP contribution >= 0.6 is 0 Å². The maximum absolute atomic E-state index is 12.9. The lowest BCUT2D eigenvalue weighted by atomic mass is 10.2. The van der Waals surface area contributed by atoms with Gasteiger partial charge in [0.05, 0.1) is 5.69 Å². The van der Waals surface area contributed by atoms with Crippen molar-refractivity contribution in [1.29, 1.82) is 0 Å². The monoisotopic (exact) mass is 233 g/mol. The third-order valence-electron chi connectivity index (χ3n) is 2.29. The van der Waals surface area contributed by atoms with E-state index in [2.05, 4.69) is 15.5 Å². The normalized spacial score (nSPS) is 10.4. The van der Waals surface area contributed by atoms with Gasteiger partial charge in [0.25, 0.3) is 0 Å². The van der Waals surface area contributed by atoms with Gasteiger partial charge in [0.1, 0.15) is 11.6 Å². The van der Waals surface area contributed by atoms with Gasteiger partial charge in [-0.05, 0) is 30.3 Å². The maximum Gasteiger partial charge on any atom is 0.123 e. The number of nitrogens with one attached hydrogen (secondary N) is 1. The zero-order chi connectivity index (χ0) is 12.1. The number of hydrogen-bond acceptors (Lipinski definition) is 4. The standard InChI is InChI=1S/C12H12FN3O/c13-10-3-4-12(17)9(6-10)7-14-8-11-2-1-5-15-16-11/h1-6,14,17H,7-8H2. The molecule has 1 heterocycles. The summed E-state index contributed by atoms with van der Waals surface area (Å²) in [5.41, 5.74) is 1.32. The molecule has 0 aliphatic heterocycles. The molecule has 4 nitrogen and oxygen atoms in total. The summed E-state index contributed by atoms with van der Waals surface area (Å²) < 4.78 is 12.9. The predicted octanol–water partition coefficient (Wildman–Crippen LogP) is 1.61. The minimum absolute atomic E-state index is 0.0815. The van der Waals surface area contributed by atoms with Crippen molar-refractivity contribution in [3.63, 3.8) is 0 Å². The van der Waals surface area contributed by atoms with Gasteiger partial charge in [-0.15, -0.1) is 0 Å². The Labute approximate surface area is 98.1 Å². The van der Waals surface area contributed by atoms with Crippen molar-refractivity contribution >= 4 is 0 Å². The molecular weight excluding hydrogens is 221 g/mol. The Morgan fingerprint density at radius 2 is 2.12 bits per heavy atom. The molecule has 0 fully saturated rings. The van der Waals surface area contributed by atoms with Gasteiger partial charge in [0, 0.05) is 24.8 Å². The minimum atomic E-state index is -0.362. The quantitative estimate of drug-likeness (QED) is 0.842. The molecule has 0 unspecified atom stereocenters. The molecule has 0 radical (unpaired) electrons. The van der Waals surface area contributed by atoms with Crippen molar-refractivity contribution in [2.45, 2.75) is 13.1 Å². The molecule has 88 valence electrons. The number of halogens is 1. The third-order valence-corrected chi connectivity index (χ3v) is 2.29. The summed E-state index contributed by atoms with van der Waals surface area (Å²) in [4.78, 5) is 0. The Morgan fingerprint density at radius 3 is 2.88 bits per heavy atom. The second-order valence-corrected chi connectivity index (χ2v) is 3.59. The SMILES string of the molecule is Oc1ccc(F)cc1CNCc1cccnn1. The van der Waals surface area contributed by atoms with E-state index in [1.807, 2.05) is 6.07 Å². The molecular formula is C12H12FN3O. The number of aromatic nitrogens is 2. The topological polar surface area (TPSA) is 58.0 Å². The Morgan fingerprint density at radius 1 is 1.24 bits per heavy atom. The van der Waals surface area contributed by atoms with Gasteiger partial charge in [0.15, 0.2) is 0 Å². The lowest BCUT2D eigenvalue weighted by molar-refractivity contribution is 0.461. The van der Waals surface area contributed by atoms with Crippen molar-refractivity contribution in [2.75, 3.05) is 0 Å². The Hall–Kier alpha value is -2.01. The van der Waals surface area contributed by atoms with Crippen LogP contribution in [0.3, 0.4) is 0 Å². The average Bonchev–Trinajstić information content (AvgIpc) is 2.35. The van der Waals surface area contributed by atoms with Gasteiger partial charge in [-0.25, -0.2) is 4.39 Å². The highest BCUT2D eigenvalue weighted by molar-refractivity contribution is 5.32. The Balaban J connectivity index is 1.92. The fraction of sp³-hybridized carbons (Fsp3) is 0.167. The first-order valence-corrected chi connectivity index (χ1v) is 5.20. The van der Waals surface area contributed by atoms with Crippen LogP contribution in [0.1, 0.15) is 11.3 Å². The molecule has 2 aromatic rings. The number of benzene rings is 1. The average molecular weight is 233 g/mol. The Kier molecular flexibility index (Phi) is 3.62. The van der Waals surface area contributed by atoms with Crippen LogP contribution in [0.2, 0.25) is 0 Å². The summed E-state index contributed by atoms with van der Waals surface area (Å²) >= 11 is 0. The molecule has 0 spiro atoms. The van der Waals surface area contributed by atoms with E-state index in [9.17, 15) is 9.50 Å². The first kappa shape index (κ1) is 11.5. The Bertz CT molecular complexity index is 490. The van der Waals surface area contributed by atoms with Crippen molar-refractivity contribution in [3.05, 3.63) is 53.6 Å². The zero-order valence-corrected chi connectivity index (χ0v) is 9.10. The largest absolute Gasteiger partial charge is 0.508 e. The van der Waals surface area contributed by atoms with Crippen LogP contribution in [0, 0.1) is 5.82 Å². The second kappa shape index (κ2) is 5.36. The molecule has 0 saturated carbocycles. The van der Waals surface area contributed by atoms with Crippen LogP contribution in [0.25, 0.3) is 0 Å². The summed E-state index contributed by atoms with van der Waals surface area (Å²) in [6, 6.07) is 7.50. The highest BCUT2D eigenvalue weighted by Gasteiger charge is 2.02. The van der Waals surface area contributed by atoms with E-state index in [-0.39, 0.29) is 11.6 Å². The van der Waals surface area contributed by atoms with Crippen LogP contribution < -0.4 is 5.32 Å². The number of rotatable bonds is 4. The molecule has 0 atom stereocenters. The number of phenols is 1. The van der Waals surface area contributed by atoms with Crippen LogP contribution in [0.5, 0.6) is 5.75 Å². The smallest absolute Gasteiger partial charge is 0.123 e. The summed E-state index contributed by atoms with van der Waals surface area (Å²) in [6.07, 6.45) is 1.60. The molecule has 0 aliphatic rings. The van der Waals surface area contributed by atoms with Crippen LogP contribution in [-0.2, 0) is 13.1 Å². The van der Waals surface area contributed by atoms with E-state index in [0.717, 1.165) is 5.69 Å². The summed E-state index contributed by atoms with van der Waals surface area (Å²) in [6.45, 7) is 0.893. The lowest BCUT2D eigenvalue weighted by Gasteiger charge is -2.06. The van der Waals surface area contributed by atoms with Gasteiger partial charge in [-0.1, -0.05) is 0 Å². The van der Waals surface area contributed by atoms with Crippen molar-refractivity contribution < 1.29 is 9.50 Å². The molecule has 0 amide bonds. The highest BCUT2D eigenvalue weighted by atomic mass is 19.1. The van der Waals surface area contributed by atoms with E-state index in [1.165, 1.54) is 18.2 Å². The van der Waals surface area contributed by atoms with E-state index in [1.54, 1.807) is 12.3 Å². The van der Waals surface area contributed by atoms with Crippen molar-refractivity contribution in [3.8, 4) is 5.75 Å². The summed E-state index contributed by atoms with van der Waals surface area (Å²) in [5, 5.41) is 20.2. The molecule has 0 saturated heterocycles. The van der Waals surface area contributed by atoms with Gasteiger partial charge in [0.2, 0.25) is 0 Å². The highest BCUT2D eigenvalue weighted by Crippen LogP contribution is 2.17. The number of phenolic OH excluding ortho intramolecular Hbond substituents is 1. The first-order valence-electron chi connectivity index (χ1n) is 5.20. The second-order valence-electron chi connectivity index (χ2n) is 3.59. The van der Waals surface area contributed by atoms with E-state index >= 15 is 0 Å². The molecule has 0 aliphatic carbocycles. The lowest BCUT2D eigenvalue weighted by Crippen LogP contribution is -2.14. The maximum atomic E-state index is 12.9. The van der Waals surface area contributed by atoms with Crippen LogP contribution in [0.15, 0.2) is 36.5 Å². The molecule has 2 rings (SSSR count). The van der Waals surface area contributed by atoms with E-state index < -0.39 is 0 Å². The minimum Gasteiger partial charge on any atom is -0.508 e. The first-order chi connectivity index (χ1) is 8.25. The fourth-order valence-corrected chi connectivity index (χ4v) is 1.45. The molecule has 5 heteroatoms. The van der Waals surface area contributed by atoms with Crippen LogP contribution in [-0.4, -0.2) is 15.3 Å². The van der Waals surface area contributed by atoms with Gasteiger partial charge >= 0.3 is 0 Å². The third kappa shape index (κ3) is 3.22. The fourth-order valence-electron chi connectivity index (χ4n) is 1.45. The molecule has 0 bridgehead atoms. The van der Waals surface area contributed by atoms with Gasteiger partial charge < -0.3 is 10.4 Å². The number of nitrogens with zero attached hydrogens (tertiary/aromatic N) is 2. The summed E-state index contributed by atoms with van der Waals surface area (Å²) in [5.74, 6) is -0.280.